The first-order valence-corrected chi connectivity index (χ1v) is 15.5. The maximum Gasteiger partial charge on any atom is 0.274 e. The number of carbonyl (C=O) groups is 2. The number of nitrogens with one attached hydrogen (secondary N) is 4. The Bertz CT molecular complexity index is 1580. The third-order valence-electron chi connectivity index (χ3n) is 7.08. The van der Waals surface area contributed by atoms with E-state index in [0.29, 0.717) is 50.9 Å². The Labute approximate surface area is 276 Å². The molecule has 0 spiro atoms. The van der Waals surface area contributed by atoms with E-state index in [9.17, 15) is 9.59 Å². The van der Waals surface area contributed by atoms with Gasteiger partial charge in [-0.15, -0.1) is 0 Å². The first kappa shape index (κ1) is 32.8. The van der Waals surface area contributed by atoms with Crippen LogP contribution in [0.15, 0.2) is 85.1 Å². The van der Waals surface area contributed by atoms with Gasteiger partial charge in [-0.3, -0.25) is 9.59 Å². The molecular weight excluding hydrogens is 637 g/mol. The molecule has 234 valence electrons. The van der Waals surface area contributed by atoms with Crippen molar-refractivity contribution in [3.8, 4) is 0 Å². The first-order valence-electron chi connectivity index (χ1n) is 14.4. The smallest absolute Gasteiger partial charge is 0.274 e. The fourth-order valence-corrected chi connectivity index (χ4v) is 5.08. The SMILES string of the molecule is O=C(Nc1ccc(C2CNCCO2)cc1)c1ccc(Cl)c(Cl)c1.O=C(Nc1ccc(C2CNCCO2)cc1)c1ccc(Cl)cn1. The molecule has 0 bridgehead atoms. The normalized spacial score (nSPS) is 17.8. The van der Waals surface area contributed by atoms with Gasteiger partial charge in [0.2, 0.25) is 0 Å². The van der Waals surface area contributed by atoms with Gasteiger partial charge < -0.3 is 30.7 Å². The molecule has 0 aliphatic carbocycles. The molecule has 0 radical (unpaired) electrons. The van der Waals surface area contributed by atoms with Crippen molar-refractivity contribution >= 4 is 58.0 Å². The Morgan fingerprint density at radius 3 is 1.71 bits per heavy atom. The highest BCUT2D eigenvalue weighted by molar-refractivity contribution is 6.42. The monoisotopic (exact) mass is 667 g/mol. The lowest BCUT2D eigenvalue weighted by molar-refractivity contribution is 0.0276. The molecule has 6 rings (SSSR count). The van der Waals surface area contributed by atoms with E-state index in [1.165, 1.54) is 6.20 Å². The average molecular weight is 669 g/mol. The second-order valence-electron chi connectivity index (χ2n) is 10.3. The molecule has 0 saturated carbocycles. The number of morpholine rings is 2. The van der Waals surface area contributed by atoms with E-state index in [2.05, 4.69) is 26.3 Å². The summed E-state index contributed by atoms with van der Waals surface area (Å²) in [6.45, 7) is 4.80. The van der Waals surface area contributed by atoms with Crippen LogP contribution >= 0.6 is 34.8 Å². The highest BCUT2D eigenvalue weighted by atomic mass is 35.5. The molecule has 2 atom stereocenters. The van der Waals surface area contributed by atoms with E-state index in [1.54, 1.807) is 30.3 Å². The van der Waals surface area contributed by atoms with Crippen molar-refractivity contribution in [2.45, 2.75) is 12.2 Å². The van der Waals surface area contributed by atoms with Crippen molar-refractivity contribution in [3.05, 3.63) is 123 Å². The maximum absolute atomic E-state index is 12.2. The molecule has 3 aromatic carbocycles. The van der Waals surface area contributed by atoms with Gasteiger partial charge in [-0.2, -0.15) is 0 Å². The second-order valence-corrected chi connectivity index (χ2v) is 11.5. The van der Waals surface area contributed by atoms with Gasteiger partial charge in [0.05, 0.1) is 40.5 Å². The van der Waals surface area contributed by atoms with Crippen LogP contribution in [0, 0.1) is 0 Å². The van der Waals surface area contributed by atoms with E-state index < -0.39 is 0 Å². The van der Waals surface area contributed by atoms with Crippen molar-refractivity contribution in [1.82, 2.24) is 15.6 Å². The van der Waals surface area contributed by atoms with Gasteiger partial charge in [-0.05, 0) is 65.7 Å². The topological polar surface area (TPSA) is 114 Å². The number of anilines is 2. The van der Waals surface area contributed by atoms with Crippen molar-refractivity contribution in [2.75, 3.05) is 50.0 Å². The van der Waals surface area contributed by atoms with Crippen LogP contribution in [0.2, 0.25) is 15.1 Å². The molecule has 2 amide bonds. The number of rotatable bonds is 6. The van der Waals surface area contributed by atoms with Crippen LogP contribution < -0.4 is 21.3 Å². The summed E-state index contributed by atoms with van der Waals surface area (Å²) in [6, 6.07) is 23.3. The standard InChI is InChI=1S/C17H16Cl2N2O2.C16H16ClN3O2/c18-14-6-3-12(9-15(14)19)17(22)21-13-4-1-11(2-5-13)16-10-20-7-8-23-16;17-12-3-6-14(19-9-12)16(21)20-13-4-1-11(2-5-13)15-10-18-7-8-22-15/h1-6,9,16,20H,7-8,10H2,(H,21,22);1-6,9,15,18H,7-8,10H2,(H,20,21). The number of carbonyl (C=O) groups excluding carboxylic acids is 2. The molecular formula is C33H32Cl3N5O4. The van der Waals surface area contributed by atoms with Gasteiger partial charge in [0, 0.05) is 49.3 Å². The predicted octanol–water partition coefficient (Wildman–Crippen LogP) is 6.55. The molecule has 4 aromatic rings. The second kappa shape index (κ2) is 16.1. The molecule has 9 nitrogen and oxygen atoms in total. The fourth-order valence-electron chi connectivity index (χ4n) is 4.67. The minimum atomic E-state index is -0.264. The summed E-state index contributed by atoms with van der Waals surface area (Å²) in [5, 5.41) is 13.5. The average Bonchev–Trinajstić information content (AvgIpc) is 3.08. The quantitative estimate of drug-likeness (QED) is 0.184. The lowest BCUT2D eigenvalue weighted by Crippen LogP contribution is -2.33. The number of hydrogen-bond acceptors (Lipinski definition) is 7. The molecule has 4 N–H and O–H groups in total. The van der Waals surface area contributed by atoms with E-state index in [4.69, 9.17) is 44.3 Å². The number of nitrogens with zero attached hydrogens (tertiary/aromatic N) is 1. The third kappa shape index (κ3) is 9.48. The first-order chi connectivity index (χ1) is 21.9. The van der Waals surface area contributed by atoms with Crippen molar-refractivity contribution in [2.24, 2.45) is 0 Å². The minimum Gasteiger partial charge on any atom is -0.371 e. The zero-order valence-corrected chi connectivity index (χ0v) is 26.5. The molecule has 1 aromatic heterocycles. The Morgan fingerprint density at radius 2 is 1.24 bits per heavy atom. The van der Waals surface area contributed by atoms with E-state index in [-0.39, 0.29) is 24.0 Å². The van der Waals surface area contributed by atoms with Gasteiger partial charge in [-0.25, -0.2) is 4.98 Å². The summed E-state index contributed by atoms with van der Waals surface area (Å²) in [5.41, 5.74) is 4.40. The van der Waals surface area contributed by atoms with Crippen molar-refractivity contribution < 1.29 is 19.1 Å². The lowest BCUT2D eigenvalue weighted by Gasteiger charge is -2.24. The molecule has 2 fully saturated rings. The van der Waals surface area contributed by atoms with Gasteiger partial charge >= 0.3 is 0 Å². The van der Waals surface area contributed by atoms with Crippen LogP contribution in [0.1, 0.15) is 44.2 Å². The Hall–Kier alpha value is -3.54. The molecule has 2 aliphatic heterocycles. The Balaban J connectivity index is 0.000000178. The molecule has 12 heteroatoms. The number of halogens is 3. The zero-order valence-electron chi connectivity index (χ0n) is 24.2. The van der Waals surface area contributed by atoms with Gasteiger partial charge in [0.1, 0.15) is 5.69 Å². The summed E-state index contributed by atoms with van der Waals surface area (Å²) in [6.07, 6.45) is 1.58. The van der Waals surface area contributed by atoms with Gasteiger partial charge in [0.15, 0.2) is 0 Å². The van der Waals surface area contributed by atoms with Gasteiger partial charge in [0.25, 0.3) is 11.8 Å². The van der Waals surface area contributed by atoms with Crippen LogP contribution in [-0.2, 0) is 9.47 Å². The number of aromatic nitrogens is 1. The summed E-state index contributed by atoms with van der Waals surface area (Å²) in [5.74, 6) is -0.494. The van der Waals surface area contributed by atoms with Crippen LogP contribution in [0.5, 0.6) is 0 Å². The largest absolute Gasteiger partial charge is 0.371 e. The van der Waals surface area contributed by atoms with E-state index in [1.807, 2.05) is 48.5 Å². The van der Waals surface area contributed by atoms with Crippen molar-refractivity contribution in [3.63, 3.8) is 0 Å². The highest BCUT2D eigenvalue weighted by Gasteiger charge is 2.17. The van der Waals surface area contributed by atoms with Gasteiger partial charge in [-0.1, -0.05) is 59.1 Å². The van der Waals surface area contributed by atoms with Crippen molar-refractivity contribution in [1.29, 1.82) is 0 Å². The van der Waals surface area contributed by atoms with Crippen LogP contribution in [0.3, 0.4) is 0 Å². The number of hydrogen-bond donors (Lipinski definition) is 4. The Morgan fingerprint density at radius 1 is 0.689 bits per heavy atom. The predicted molar refractivity (Wildman–Crippen MR) is 178 cm³/mol. The fraction of sp³-hybridized carbons (Fsp3) is 0.242. The lowest BCUT2D eigenvalue weighted by atomic mass is 10.1. The zero-order chi connectivity index (χ0) is 31.6. The van der Waals surface area contributed by atoms with E-state index in [0.717, 1.165) is 37.3 Å². The molecule has 2 aliphatic rings. The summed E-state index contributed by atoms with van der Waals surface area (Å²) < 4.78 is 11.4. The minimum absolute atomic E-state index is 0.0589. The summed E-state index contributed by atoms with van der Waals surface area (Å²) in [4.78, 5) is 28.3. The maximum atomic E-state index is 12.2. The molecule has 45 heavy (non-hydrogen) atoms. The molecule has 2 unspecified atom stereocenters. The number of ether oxygens (including phenoxy) is 2. The summed E-state index contributed by atoms with van der Waals surface area (Å²) in [7, 11) is 0. The number of pyridine rings is 1. The van der Waals surface area contributed by atoms with Crippen LogP contribution in [-0.4, -0.2) is 56.2 Å². The molecule has 2 saturated heterocycles. The highest BCUT2D eigenvalue weighted by Crippen LogP contribution is 2.25. The number of amides is 2. The Kier molecular flexibility index (Phi) is 11.8. The van der Waals surface area contributed by atoms with Crippen LogP contribution in [0.25, 0.3) is 0 Å². The number of benzene rings is 3. The summed E-state index contributed by atoms with van der Waals surface area (Å²) >= 11 is 17.5. The van der Waals surface area contributed by atoms with E-state index >= 15 is 0 Å². The molecule has 3 heterocycles. The van der Waals surface area contributed by atoms with Crippen LogP contribution in [0.4, 0.5) is 11.4 Å². The third-order valence-corrected chi connectivity index (χ3v) is 8.04.